The Morgan fingerprint density at radius 1 is 1.07 bits per heavy atom. The number of rotatable bonds is 8. The maximum absolute atomic E-state index is 15.2. The Kier molecular flexibility index (Phi) is 9.14. The number of amides is 1. The van der Waals surface area contributed by atoms with Crippen LogP contribution in [0.25, 0.3) is 5.65 Å². The van der Waals surface area contributed by atoms with Crippen LogP contribution in [0.15, 0.2) is 60.8 Å². The summed E-state index contributed by atoms with van der Waals surface area (Å²) >= 11 is 0. The normalized spacial score (nSPS) is 15.2. The molecule has 1 amide bonds. The number of piperazine rings is 1. The first-order chi connectivity index (χ1) is 18.9. The monoisotopic (exact) mass is 569 g/mol. The number of fused-ring (bicyclic) bond motifs is 1. The van der Waals surface area contributed by atoms with Crippen molar-refractivity contribution in [1.29, 1.82) is 0 Å². The van der Waals surface area contributed by atoms with E-state index in [1.807, 2.05) is 32.0 Å². The molecule has 2 aromatic carbocycles. The number of nitrogens with zero attached hydrogens (tertiary/aromatic N) is 4. The molecule has 1 N–H and O–H groups in total. The largest absolute Gasteiger partial charge is 0.494 e. The van der Waals surface area contributed by atoms with Crippen LogP contribution >= 0.6 is 12.4 Å². The summed E-state index contributed by atoms with van der Waals surface area (Å²) in [7, 11) is 0. The van der Waals surface area contributed by atoms with Gasteiger partial charge in [-0.1, -0.05) is 13.0 Å². The Morgan fingerprint density at radius 3 is 2.52 bits per heavy atom. The number of halogens is 3. The lowest BCUT2D eigenvalue weighted by molar-refractivity contribution is 0.0944. The van der Waals surface area contributed by atoms with E-state index in [9.17, 15) is 9.18 Å². The van der Waals surface area contributed by atoms with Gasteiger partial charge in [0.2, 0.25) is 0 Å². The first-order valence-electron chi connectivity index (χ1n) is 13.4. The van der Waals surface area contributed by atoms with Crippen LogP contribution in [-0.2, 0) is 13.0 Å². The number of aromatic nitrogens is 2. The molecule has 1 aliphatic rings. The van der Waals surface area contributed by atoms with Gasteiger partial charge in [-0.25, -0.2) is 13.8 Å². The number of nitrogens with one attached hydrogen (secondary N) is 1. The molecule has 4 aromatic rings. The SMILES string of the molecule is CCOc1ccc(N2CCN(c3ccc(CNC(=O)c4c(CC)nc5cc(F)ccn45)cc3F)C[C@@H]2C)cc1.Cl. The van der Waals surface area contributed by atoms with Crippen molar-refractivity contribution < 1.29 is 18.3 Å². The minimum atomic E-state index is -0.412. The van der Waals surface area contributed by atoms with E-state index < -0.39 is 5.82 Å². The number of anilines is 2. The van der Waals surface area contributed by atoms with Crippen molar-refractivity contribution in [2.24, 2.45) is 0 Å². The van der Waals surface area contributed by atoms with Crippen LogP contribution in [-0.4, -0.2) is 47.6 Å². The molecule has 0 radical (unpaired) electrons. The van der Waals surface area contributed by atoms with Crippen molar-refractivity contribution in [2.45, 2.75) is 39.8 Å². The van der Waals surface area contributed by atoms with Crippen molar-refractivity contribution in [3.63, 3.8) is 0 Å². The zero-order valence-corrected chi connectivity index (χ0v) is 23.7. The lowest BCUT2D eigenvalue weighted by Gasteiger charge is -2.42. The molecule has 5 rings (SSSR count). The maximum atomic E-state index is 15.2. The summed E-state index contributed by atoms with van der Waals surface area (Å²) in [6.07, 6.45) is 2.02. The second-order valence-corrected chi connectivity index (χ2v) is 9.72. The van der Waals surface area contributed by atoms with E-state index in [4.69, 9.17) is 4.74 Å². The smallest absolute Gasteiger partial charge is 0.270 e. The van der Waals surface area contributed by atoms with E-state index in [-0.39, 0.29) is 36.7 Å². The van der Waals surface area contributed by atoms with E-state index in [1.54, 1.807) is 10.5 Å². The number of imidazole rings is 1. The number of ether oxygens (including phenoxy) is 1. The second-order valence-electron chi connectivity index (χ2n) is 9.72. The Balaban J connectivity index is 0.00000370. The van der Waals surface area contributed by atoms with Crippen LogP contribution < -0.4 is 19.9 Å². The molecule has 1 saturated heterocycles. The molecule has 0 bridgehead atoms. The van der Waals surface area contributed by atoms with Gasteiger partial charge in [0.05, 0.1) is 18.0 Å². The highest BCUT2D eigenvalue weighted by Crippen LogP contribution is 2.28. The van der Waals surface area contributed by atoms with Gasteiger partial charge >= 0.3 is 0 Å². The molecule has 40 heavy (non-hydrogen) atoms. The van der Waals surface area contributed by atoms with E-state index in [0.29, 0.717) is 54.4 Å². The minimum Gasteiger partial charge on any atom is -0.494 e. The molecule has 10 heteroatoms. The summed E-state index contributed by atoms with van der Waals surface area (Å²) in [5.41, 5.74) is 3.66. The summed E-state index contributed by atoms with van der Waals surface area (Å²) in [5, 5.41) is 2.86. The van der Waals surface area contributed by atoms with Gasteiger partial charge in [-0.15, -0.1) is 12.4 Å². The predicted octanol–water partition coefficient (Wildman–Crippen LogP) is 5.64. The lowest BCUT2D eigenvalue weighted by Crippen LogP contribution is -2.52. The third-order valence-electron chi connectivity index (χ3n) is 7.12. The topological polar surface area (TPSA) is 62.1 Å². The summed E-state index contributed by atoms with van der Waals surface area (Å²) in [4.78, 5) is 21.8. The summed E-state index contributed by atoms with van der Waals surface area (Å²) in [5.74, 6) is -0.215. The van der Waals surface area contributed by atoms with Gasteiger partial charge in [0.1, 0.15) is 28.7 Å². The highest BCUT2D eigenvalue weighted by Gasteiger charge is 2.26. The Labute approximate surface area is 239 Å². The average molecular weight is 570 g/mol. The minimum absolute atomic E-state index is 0. The van der Waals surface area contributed by atoms with Crippen LogP contribution in [0, 0.1) is 11.6 Å². The van der Waals surface area contributed by atoms with Crippen molar-refractivity contribution in [3.05, 3.63) is 89.4 Å². The summed E-state index contributed by atoms with van der Waals surface area (Å²) < 4.78 is 36.0. The molecule has 1 atom stereocenters. The van der Waals surface area contributed by atoms with Gasteiger partial charge in [0.15, 0.2) is 0 Å². The highest BCUT2D eigenvalue weighted by atomic mass is 35.5. The highest BCUT2D eigenvalue weighted by molar-refractivity contribution is 5.94. The number of aryl methyl sites for hydroxylation is 1. The van der Waals surface area contributed by atoms with Crippen LogP contribution in [0.4, 0.5) is 20.2 Å². The van der Waals surface area contributed by atoms with Crippen LogP contribution in [0.5, 0.6) is 5.75 Å². The molecule has 7 nitrogen and oxygen atoms in total. The molecule has 0 spiro atoms. The van der Waals surface area contributed by atoms with Gasteiger partial charge in [-0.05, 0) is 68.3 Å². The summed E-state index contributed by atoms with van der Waals surface area (Å²) in [6.45, 7) is 8.95. The molecule has 2 aromatic heterocycles. The van der Waals surface area contributed by atoms with E-state index in [0.717, 1.165) is 18.0 Å². The Bertz CT molecular complexity index is 1480. The molecule has 0 unspecified atom stereocenters. The quantitative estimate of drug-likeness (QED) is 0.297. The first-order valence-corrected chi connectivity index (χ1v) is 13.4. The van der Waals surface area contributed by atoms with Gasteiger partial charge < -0.3 is 19.9 Å². The van der Waals surface area contributed by atoms with Gasteiger partial charge in [0, 0.05) is 50.2 Å². The van der Waals surface area contributed by atoms with Gasteiger partial charge in [0.25, 0.3) is 5.91 Å². The number of pyridine rings is 1. The van der Waals surface area contributed by atoms with Gasteiger partial charge in [-0.3, -0.25) is 9.20 Å². The molecule has 1 fully saturated rings. The van der Waals surface area contributed by atoms with Crippen molar-refractivity contribution in [1.82, 2.24) is 14.7 Å². The zero-order valence-electron chi connectivity index (χ0n) is 22.9. The van der Waals surface area contributed by atoms with Crippen molar-refractivity contribution in [2.75, 3.05) is 36.0 Å². The van der Waals surface area contributed by atoms with Crippen LogP contribution in [0.2, 0.25) is 0 Å². The lowest BCUT2D eigenvalue weighted by atomic mass is 10.1. The molecule has 3 heterocycles. The molecule has 1 aliphatic heterocycles. The molecule has 212 valence electrons. The number of carbonyl (C=O) groups excluding carboxylic acids is 1. The standard InChI is InChI=1S/C30H33F2N5O2.ClH/c1-4-26-29(37-13-12-22(31)17-28(37)34-26)30(38)33-18-21-6-11-27(25(32)16-21)35-14-15-36(20(3)19-35)23-7-9-24(10-8-23)39-5-2;/h6-13,16-17,20H,4-5,14-15,18-19H2,1-3H3,(H,33,38);1H/t20-;/m0./s1. The Hall–Kier alpha value is -3.85. The Morgan fingerprint density at radius 2 is 1.85 bits per heavy atom. The van der Waals surface area contributed by atoms with Crippen LogP contribution in [0.3, 0.4) is 0 Å². The third-order valence-corrected chi connectivity index (χ3v) is 7.12. The predicted molar refractivity (Wildman–Crippen MR) is 156 cm³/mol. The zero-order chi connectivity index (χ0) is 27.5. The van der Waals surface area contributed by atoms with Gasteiger partial charge in [-0.2, -0.15) is 0 Å². The average Bonchev–Trinajstić information content (AvgIpc) is 3.30. The molecular formula is C30H34ClF2N5O2. The van der Waals surface area contributed by atoms with Crippen molar-refractivity contribution >= 4 is 35.3 Å². The maximum Gasteiger partial charge on any atom is 0.270 e. The van der Waals surface area contributed by atoms with E-state index in [2.05, 4.69) is 39.2 Å². The number of carbonyl (C=O) groups is 1. The fourth-order valence-corrected chi connectivity index (χ4v) is 5.20. The third kappa shape index (κ3) is 5.99. The first kappa shape index (κ1) is 29.1. The number of benzene rings is 2. The molecule has 0 aliphatic carbocycles. The number of hydrogen-bond acceptors (Lipinski definition) is 5. The van der Waals surface area contributed by atoms with E-state index in [1.165, 1.54) is 24.4 Å². The molecular weight excluding hydrogens is 536 g/mol. The molecule has 0 saturated carbocycles. The van der Waals surface area contributed by atoms with Crippen molar-refractivity contribution in [3.8, 4) is 5.75 Å². The number of hydrogen-bond donors (Lipinski definition) is 1. The summed E-state index contributed by atoms with van der Waals surface area (Å²) in [6, 6.07) is 16.0. The fraction of sp³-hybridized carbons (Fsp3) is 0.333. The van der Waals surface area contributed by atoms with E-state index >= 15 is 4.39 Å². The fourth-order valence-electron chi connectivity index (χ4n) is 5.20. The second kappa shape index (κ2) is 12.6. The van der Waals surface area contributed by atoms with Crippen LogP contribution in [0.1, 0.15) is 42.5 Å².